The fourth-order valence-corrected chi connectivity index (χ4v) is 10.3. The minimum Gasteiger partial charge on any atom is -0.393 e. The highest BCUT2D eigenvalue weighted by molar-refractivity contribution is 5.15. The summed E-state index contributed by atoms with van der Waals surface area (Å²) in [4.78, 5) is 0. The van der Waals surface area contributed by atoms with E-state index < -0.39 is 0 Å². The number of aliphatic hydroxyl groups is 1. The lowest BCUT2D eigenvalue weighted by Gasteiger charge is -2.61. The highest BCUT2D eigenvalue weighted by atomic mass is 16.7. The Balaban J connectivity index is 1.26. The first-order valence-corrected chi connectivity index (χ1v) is 13.3. The van der Waals surface area contributed by atoms with E-state index in [9.17, 15) is 5.11 Å². The Labute approximate surface area is 183 Å². The molecule has 0 bridgehead atoms. The quantitative estimate of drug-likeness (QED) is 0.543. The van der Waals surface area contributed by atoms with Crippen LogP contribution in [0.4, 0.5) is 0 Å². The third kappa shape index (κ3) is 2.61. The van der Waals surface area contributed by atoms with Gasteiger partial charge in [-0.15, -0.1) is 0 Å². The zero-order chi connectivity index (χ0) is 20.9. The molecule has 1 spiro atoms. The van der Waals surface area contributed by atoms with Gasteiger partial charge in [0.1, 0.15) is 0 Å². The second-order valence-electron chi connectivity index (χ2n) is 13.1. The van der Waals surface area contributed by atoms with Gasteiger partial charge < -0.3 is 14.6 Å². The van der Waals surface area contributed by atoms with Crippen molar-refractivity contribution < 1.29 is 14.6 Å². The molecule has 4 aliphatic carbocycles. The Morgan fingerprint density at radius 3 is 2.40 bits per heavy atom. The van der Waals surface area contributed by atoms with Gasteiger partial charge in [-0.2, -0.15) is 0 Å². The van der Waals surface area contributed by atoms with Gasteiger partial charge in [-0.3, -0.25) is 0 Å². The molecule has 3 nitrogen and oxygen atoms in total. The van der Waals surface area contributed by atoms with Gasteiger partial charge in [0.25, 0.3) is 0 Å². The number of rotatable bonds is 0. The molecule has 0 aromatic rings. The van der Waals surface area contributed by atoms with Crippen LogP contribution < -0.4 is 0 Å². The summed E-state index contributed by atoms with van der Waals surface area (Å²) in [5.74, 6) is 4.93. The summed E-state index contributed by atoms with van der Waals surface area (Å²) in [5.41, 5.74) is 0.899. The normalized spacial score (nSPS) is 62.5. The van der Waals surface area contributed by atoms with Crippen LogP contribution in [0.2, 0.25) is 0 Å². The molecule has 0 amide bonds. The number of aliphatic hydroxyl groups excluding tert-OH is 1. The molecule has 4 saturated carbocycles. The average molecular weight is 417 g/mol. The number of ether oxygens (including phenoxy) is 2. The smallest absolute Gasteiger partial charge is 0.171 e. The van der Waals surface area contributed by atoms with Gasteiger partial charge in [0.15, 0.2) is 5.79 Å². The van der Waals surface area contributed by atoms with E-state index in [1.165, 1.54) is 44.9 Å². The third-order valence-corrected chi connectivity index (χ3v) is 11.9. The maximum Gasteiger partial charge on any atom is 0.171 e. The molecule has 170 valence electrons. The maximum absolute atomic E-state index is 10.3. The lowest BCUT2D eigenvalue weighted by molar-refractivity contribution is -0.273. The van der Waals surface area contributed by atoms with Crippen molar-refractivity contribution in [2.75, 3.05) is 6.61 Å². The van der Waals surface area contributed by atoms with Crippen molar-refractivity contribution in [1.29, 1.82) is 0 Å². The first-order valence-electron chi connectivity index (χ1n) is 13.3. The zero-order valence-electron chi connectivity index (χ0n) is 19.7. The van der Waals surface area contributed by atoms with Crippen LogP contribution >= 0.6 is 0 Å². The molecule has 2 aliphatic heterocycles. The molecule has 0 aromatic carbocycles. The van der Waals surface area contributed by atoms with Gasteiger partial charge in [0, 0.05) is 12.3 Å². The predicted octanol–water partition coefficient (Wildman–Crippen LogP) is 5.79. The number of fused-ring (bicyclic) bond motifs is 7. The topological polar surface area (TPSA) is 38.7 Å². The summed E-state index contributed by atoms with van der Waals surface area (Å²) < 4.78 is 13.4. The van der Waals surface area contributed by atoms with Crippen molar-refractivity contribution in [3.05, 3.63) is 0 Å². The van der Waals surface area contributed by atoms with Crippen molar-refractivity contribution in [2.24, 2.45) is 52.3 Å². The van der Waals surface area contributed by atoms with Crippen molar-refractivity contribution in [3.63, 3.8) is 0 Å². The molecule has 2 saturated heterocycles. The van der Waals surface area contributed by atoms with Crippen LogP contribution in [0.3, 0.4) is 0 Å². The number of hydrogen-bond acceptors (Lipinski definition) is 3. The molecule has 12 atom stereocenters. The summed E-state index contributed by atoms with van der Waals surface area (Å²) in [6, 6.07) is 0. The van der Waals surface area contributed by atoms with Crippen molar-refractivity contribution in [1.82, 2.24) is 0 Å². The van der Waals surface area contributed by atoms with Crippen LogP contribution in [0.25, 0.3) is 0 Å². The molecular weight excluding hydrogens is 372 g/mol. The summed E-state index contributed by atoms with van der Waals surface area (Å²) >= 11 is 0. The molecule has 30 heavy (non-hydrogen) atoms. The first-order chi connectivity index (χ1) is 14.3. The molecule has 3 heteroatoms. The molecule has 0 unspecified atom stereocenters. The minimum absolute atomic E-state index is 0.0389. The van der Waals surface area contributed by atoms with Crippen LogP contribution in [-0.4, -0.2) is 29.7 Å². The highest BCUT2D eigenvalue weighted by Crippen LogP contribution is 2.71. The molecule has 6 aliphatic rings. The molecule has 6 fully saturated rings. The van der Waals surface area contributed by atoms with Crippen molar-refractivity contribution in [3.8, 4) is 0 Å². The standard InChI is InChI=1S/C27H44O3/c1-16-7-12-27(29-15-16)17(2)24-23(30-27)14-22-20-6-5-18-13-19(28)8-10-25(18,3)21(20)9-11-26(22,24)4/h16-24,28H,5-15H2,1-4H3/t16-,17+,18+,19-,20-,21-,22-,23-,24-,25+,26+,27-/m1/s1. The van der Waals surface area contributed by atoms with E-state index in [0.717, 1.165) is 49.5 Å². The van der Waals surface area contributed by atoms with E-state index in [1.54, 1.807) is 0 Å². The highest BCUT2D eigenvalue weighted by Gasteiger charge is 2.69. The van der Waals surface area contributed by atoms with Gasteiger partial charge in [-0.25, -0.2) is 0 Å². The fraction of sp³-hybridized carbons (Fsp3) is 1.00. The lowest BCUT2D eigenvalue weighted by Crippen LogP contribution is -2.55. The zero-order valence-corrected chi connectivity index (χ0v) is 19.7. The van der Waals surface area contributed by atoms with Gasteiger partial charge in [0.05, 0.1) is 18.8 Å². The van der Waals surface area contributed by atoms with Crippen LogP contribution in [0.15, 0.2) is 0 Å². The molecule has 2 heterocycles. The second-order valence-corrected chi connectivity index (χ2v) is 13.1. The molecule has 1 N–H and O–H groups in total. The molecular formula is C27H44O3. The summed E-state index contributed by atoms with van der Waals surface area (Å²) in [5, 5.41) is 10.3. The third-order valence-electron chi connectivity index (χ3n) is 11.9. The van der Waals surface area contributed by atoms with Crippen molar-refractivity contribution >= 4 is 0 Å². The van der Waals surface area contributed by atoms with E-state index >= 15 is 0 Å². The van der Waals surface area contributed by atoms with Crippen LogP contribution in [-0.2, 0) is 9.47 Å². The second kappa shape index (κ2) is 6.70. The van der Waals surface area contributed by atoms with Gasteiger partial charge >= 0.3 is 0 Å². The fourth-order valence-electron chi connectivity index (χ4n) is 10.3. The van der Waals surface area contributed by atoms with E-state index in [-0.39, 0.29) is 11.9 Å². The van der Waals surface area contributed by atoms with E-state index in [0.29, 0.717) is 34.7 Å². The lowest BCUT2D eigenvalue weighted by atomic mass is 9.44. The van der Waals surface area contributed by atoms with E-state index in [1.807, 2.05) is 0 Å². The van der Waals surface area contributed by atoms with Crippen LogP contribution in [0, 0.1) is 52.3 Å². The van der Waals surface area contributed by atoms with E-state index in [4.69, 9.17) is 9.47 Å². The molecule has 0 radical (unpaired) electrons. The minimum atomic E-state index is -0.282. The monoisotopic (exact) mass is 416 g/mol. The van der Waals surface area contributed by atoms with Gasteiger partial charge in [-0.1, -0.05) is 27.7 Å². The van der Waals surface area contributed by atoms with Crippen LogP contribution in [0.5, 0.6) is 0 Å². The summed E-state index contributed by atoms with van der Waals surface area (Å²) in [6.07, 6.45) is 12.9. The molecule has 6 rings (SSSR count). The Morgan fingerprint density at radius 1 is 0.833 bits per heavy atom. The summed E-state index contributed by atoms with van der Waals surface area (Å²) in [6.45, 7) is 10.9. The molecule has 0 aromatic heterocycles. The predicted molar refractivity (Wildman–Crippen MR) is 118 cm³/mol. The SMILES string of the molecule is C[C@@H]1CC[C@@]2(OC1)O[C@@H]1C[C@@H]3[C@@H]4CC[C@H]5C[C@H](O)CC[C@]5(C)[C@@H]4CC[C@]3(C)[C@@H]1[C@@H]2C. The summed E-state index contributed by atoms with van der Waals surface area (Å²) in [7, 11) is 0. The van der Waals surface area contributed by atoms with Gasteiger partial charge in [0.2, 0.25) is 0 Å². The van der Waals surface area contributed by atoms with Gasteiger partial charge in [-0.05, 0) is 104 Å². The first kappa shape index (κ1) is 20.5. The van der Waals surface area contributed by atoms with E-state index in [2.05, 4.69) is 27.7 Å². The Bertz CT molecular complexity index is 684. The number of hydrogen-bond donors (Lipinski definition) is 1. The Kier molecular flexibility index (Phi) is 4.58. The maximum atomic E-state index is 10.3. The van der Waals surface area contributed by atoms with Crippen LogP contribution in [0.1, 0.15) is 91.9 Å². The van der Waals surface area contributed by atoms with Crippen molar-refractivity contribution in [2.45, 2.75) is 110 Å². The Hall–Kier alpha value is -0.120. The largest absolute Gasteiger partial charge is 0.393 e. The average Bonchev–Trinajstić information content (AvgIpc) is 3.16. The Morgan fingerprint density at radius 2 is 1.63 bits per heavy atom.